The maximum absolute atomic E-state index is 9.00. The van der Waals surface area contributed by atoms with Gasteiger partial charge in [0.25, 0.3) is 0 Å². The van der Waals surface area contributed by atoms with Crippen molar-refractivity contribution in [3.05, 3.63) is 59.3 Å². The van der Waals surface area contributed by atoms with Crippen LogP contribution in [-0.4, -0.2) is 22.6 Å². The first-order valence-electron chi connectivity index (χ1n) is 6.89. The van der Waals surface area contributed by atoms with E-state index in [1.807, 2.05) is 31.2 Å². The quantitative estimate of drug-likeness (QED) is 0.383. The van der Waals surface area contributed by atoms with Gasteiger partial charge in [0, 0.05) is 19.3 Å². The molecule has 0 aliphatic heterocycles. The van der Waals surface area contributed by atoms with Crippen LogP contribution in [0.1, 0.15) is 23.6 Å². The lowest BCUT2D eigenvalue weighted by atomic mass is 10.1. The number of hydrogen-bond acceptors (Lipinski definition) is 4. The molecule has 0 saturated heterocycles. The standard InChI is InChI=1S/C16H20N4O/c1-3-20(11-13-7-5-4-6-8-13)16-14(15(17)19-21)12(2)9-10-18-16/h4-10,21H,3,11H2,1-2H3,(H2,17,19). The van der Waals surface area contributed by atoms with Crippen molar-refractivity contribution in [1.82, 2.24) is 4.98 Å². The molecule has 0 bridgehead atoms. The topological polar surface area (TPSA) is 74.7 Å². The van der Waals surface area contributed by atoms with E-state index in [4.69, 9.17) is 10.9 Å². The van der Waals surface area contributed by atoms with Gasteiger partial charge in [0.15, 0.2) is 5.84 Å². The molecule has 0 spiro atoms. The van der Waals surface area contributed by atoms with Gasteiger partial charge in [-0.2, -0.15) is 0 Å². The minimum atomic E-state index is 0.0853. The number of benzene rings is 1. The Hall–Kier alpha value is -2.56. The molecular weight excluding hydrogens is 264 g/mol. The van der Waals surface area contributed by atoms with Crippen molar-refractivity contribution in [2.75, 3.05) is 11.4 Å². The number of nitrogens with two attached hydrogens (primary N) is 1. The molecule has 5 heteroatoms. The molecule has 2 aromatic rings. The fourth-order valence-electron chi connectivity index (χ4n) is 2.29. The minimum absolute atomic E-state index is 0.0853. The molecule has 3 N–H and O–H groups in total. The van der Waals surface area contributed by atoms with E-state index in [1.165, 1.54) is 5.56 Å². The second-order valence-electron chi connectivity index (χ2n) is 4.81. The molecule has 1 aromatic heterocycles. The van der Waals surface area contributed by atoms with Crippen LogP contribution in [0, 0.1) is 6.92 Å². The molecule has 2 rings (SSSR count). The van der Waals surface area contributed by atoms with Gasteiger partial charge in [0.1, 0.15) is 5.82 Å². The molecule has 1 heterocycles. The van der Waals surface area contributed by atoms with Crippen molar-refractivity contribution in [3.8, 4) is 0 Å². The van der Waals surface area contributed by atoms with Crippen LogP contribution in [0.5, 0.6) is 0 Å². The van der Waals surface area contributed by atoms with E-state index in [9.17, 15) is 0 Å². The summed E-state index contributed by atoms with van der Waals surface area (Å²) < 4.78 is 0. The number of amidine groups is 1. The van der Waals surface area contributed by atoms with Crippen LogP contribution in [0.4, 0.5) is 5.82 Å². The van der Waals surface area contributed by atoms with Gasteiger partial charge in [-0.1, -0.05) is 35.5 Å². The first kappa shape index (κ1) is 14.8. The summed E-state index contributed by atoms with van der Waals surface area (Å²) in [6, 6.07) is 12.0. The van der Waals surface area contributed by atoms with Crippen LogP contribution in [0.2, 0.25) is 0 Å². The predicted molar refractivity (Wildman–Crippen MR) is 84.7 cm³/mol. The summed E-state index contributed by atoms with van der Waals surface area (Å²) in [6.45, 7) is 5.48. The Morgan fingerprint density at radius 1 is 1.29 bits per heavy atom. The summed E-state index contributed by atoms with van der Waals surface area (Å²) in [4.78, 5) is 6.54. The summed E-state index contributed by atoms with van der Waals surface area (Å²) in [6.07, 6.45) is 1.74. The van der Waals surface area contributed by atoms with Crippen LogP contribution in [0.15, 0.2) is 47.8 Å². The van der Waals surface area contributed by atoms with Gasteiger partial charge in [-0.05, 0) is 31.0 Å². The smallest absolute Gasteiger partial charge is 0.174 e. The Bertz CT molecular complexity index is 625. The van der Waals surface area contributed by atoms with Gasteiger partial charge >= 0.3 is 0 Å². The molecule has 0 atom stereocenters. The SMILES string of the molecule is CCN(Cc1ccccc1)c1nccc(C)c1/C(N)=N/O. The van der Waals surface area contributed by atoms with Gasteiger partial charge in [0.2, 0.25) is 0 Å². The summed E-state index contributed by atoms with van der Waals surface area (Å²) in [5, 5.41) is 12.1. The fourth-order valence-corrected chi connectivity index (χ4v) is 2.29. The Morgan fingerprint density at radius 2 is 2.00 bits per heavy atom. The second kappa shape index (κ2) is 6.74. The van der Waals surface area contributed by atoms with Gasteiger partial charge in [0.05, 0.1) is 5.56 Å². The molecule has 0 saturated carbocycles. The number of rotatable bonds is 5. The lowest BCUT2D eigenvalue weighted by Crippen LogP contribution is -2.28. The second-order valence-corrected chi connectivity index (χ2v) is 4.81. The van der Waals surface area contributed by atoms with E-state index in [2.05, 4.69) is 34.1 Å². The van der Waals surface area contributed by atoms with Crippen LogP contribution < -0.4 is 10.6 Å². The predicted octanol–water partition coefficient (Wildman–Crippen LogP) is 2.51. The molecule has 110 valence electrons. The average molecular weight is 284 g/mol. The zero-order valence-corrected chi connectivity index (χ0v) is 12.3. The normalized spacial score (nSPS) is 11.4. The number of oxime groups is 1. The van der Waals surface area contributed by atoms with Crippen LogP contribution in [-0.2, 0) is 6.54 Å². The fraction of sp³-hybridized carbons (Fsp3) is 0.250. The Balaban J connectivity index is 2.41. The molecule has 0 fully saturated rings. The maximum atomic E-state index is 9.00. The highest BCUT2D eigenvalue weighted by Crippen LogP contribution is 2.22. The number of pyridine rings is 1. The molecule has 1 aromatic carbocycles. The van der Waals surface area contributed by atoms with Crippen molar-refractivity contribution in [2.24, 2.45) is 10.9 Å². The van der Waals surface area contributed by atoms with E-state index < -0.39 is 0 Å². The largest absolute Gasteiger partial charge is 0.409 e. The molecule has 0 radical (unpaired) electrons. The molecule has 0 amide bonds. The van der Waals surface area contributed by atoms with Crippen molar-refractivity contribution < 1.29 is 5.21 Å². The number of nitrogens with zero attached hydrogens (tertiary/aromatic N) is 3. The number of aromatic nitrogens is 1. The first-order valence-corrected chi connectivity index (χ1v) is 6.89. The third-order valence-electron chi connectivity index (χ3n) is 3.40. The van der Waals surface area contributed by atoms with Crippen molar-refractivity contribution in [3.63, 3.8) is 0 Å². The van der Waals surface area contributed by atoms with E-state index in [-0.39, 0.29) is 5.84 Å². The third kappa shape index (κ3) is 3.31. The van der Waals surface area contributed by atoms with E-state index in [0.717, 1.165) is 24.5 Å². The highest BCUT2D eigenvalue weighted by molar-refractivity contribution is 6.02. The summed E-state index contributed by atoms with van der Waals surface area (Å²) in [5.74, 6) is 0.818. The Labute approximate surface area is 124 Å². The van der Waals surface area contributed by atoms with E-state index >= 15 is 0 Å². The van der Waals surface area contributed by atoms with Crippen molar-refractivity contribution >= 4 is 11.7 Å². The zero-order valence-electron chi connectivity index (χ0n) is 12.3. The lowest BCUT2D eigenvalue weighted by molar-refractivity contribution is 0.318. The molecule has 0 aliphatic rings. The Morgan fingerprint density at radius 3 is 2.62 bits per heavy atom. The van der Waals surface area contributed by atoms with Crippen molar-refractivity contribution in [2.45, 2.75) is 20.4 Å². The summed E-state index contributed by atoms with van der Waals surface area (Å²) in [7, 11) is 0. The summed E-state index contributed by atoms with van der Waals surface area (Å²) in [5.41, 5.74) is 8.61. The molecule has 0 aliphatic carbocycles. The summed E-state index contributed by atoms with van der Waals surface area (Å²) >= 11 is 0. The van der Waals surface area contributed by atoms with Gasteiger partial charge in [-0.25, -0.2) is 4.98 Å². The number of aryl methyl sites for hydroxylation is 1. The molecule has 5 nitrogen and oxygen atoms in total. The third-order valence-corrected chi connectivity index (χ3v) is 3.40. The number of anilines is 1. The highest BCUT2D eigenvalue weighted by atomic mass is 16.4. The van der Waals surface area contributed by atoms with E-state index in [0.29, 0.717) is 5.56 Å². The van der Waals surface area contributed by atoms with Gasteiger partial charge in [-0.3, -0.25) is 0 Å². The lowest BCUT2D eigenvalue weighted by Gasteiger charge is -2.25. The zero-order chi connectivity index (χ0) is 15.2. The average Bonchev–Trinajstić information content (AvgIpc) is 2.52. The number of hydrogen-bond donors (Lipinski definition) is 2. The van der Waals surface area contributed by atoms with Crippen molar-refractivity contribution in [1.29, 1.82) is 0 Å². The Kier molecular flexibility index (Phi) is 4.77. The monoisotopic (exact) mass is 284 g/mol. The molecule has 0 unspecified atom stereocenters. The van der Waals surface area contributed by atoms with E-state index in [1.54, 1.807) is 6.20 Å². The van der Waals surface area contributed by atoms with Gasteiger partial charge in [-0.15, -0.1) is 0 Å². The maximum Gasteiger partial charge on any atom is 0.174 e. The molecule has 21 heavy (non-hydrogen) atoms. The van der Waals surface area contributed by atoms with Crippen LogP contribution in [0.3, 0.4) is 0 Å². The van der Waals surface area contributed by atoms with Crippen LogP contribution >= 0.6 is 0 Å². The van der Waals surface area contributed by atoms with Gasteiger partial charge < -0.3 is 15.8 Å². The highest BCUT2D eigenvalue weighted by Gasteiger charge is 2.17. The minimum Gasteiger partial charge on any atom is -0.409 e. The van der Waals surface area contributed by atoms with Crippen LogP contribution in [0.25, 0.3) is 0 Å². The first-order chi connectivity index (χ1) is 10.2. The molecular formula is C16H20N4O.